The second-order valence-electron chi connectivity index (χ2n) is 7.89. The summed E-state index contributed by atoms with van der Waals surface area (Å²) in [5, 5.41) is 0.656. The van der Waals surface area contributed by atoms with E-state index >= 15 is 0 Å². The van der Waals surface area contributed by atoms with Crippen LogP contribution in [0.4, 0.5) is 5.95 Å². The first-order valence-corrected chi connectivity index (χ1v) is 10.5. The molecule has 1 aliphatic heterocycles. The molecular formula is C23H24ClN5O2. The van der Waals surface area contributed by atoms with E-state index in [1.54, 1.807) is 19.3 Å². The van der Waals surface area contributed by atoms with E-state index < -0.39 is 0 Å². The summed E-state index contributed by atoms with van der Waals surface area (Å²) in [6.07, 6.45) is 5.09. The number of aromatic nitrogens is 3. The third-order valence-corrected chi connectivity index (χ3v) is 5.77. The van der Waals surface area contributed by atoms with E-state index in [4.69, 9.17) is 16.6 Å². The highest BCUT2D eigenvalue weighted by atomic mass is 35.5. The molecule has 0 radical (unpaired) electrons. The maximum Gasteiger partial charge on any atom is 0.255 e. The highest BCUT2D eigenvalue weighted by molar-refractivity contribution is 6.30. The van der Waals surface area contributed by atoms with E-state index in [2.05, 4.69) is 4.98 Å². The van der Waals surface area contributed by atoms with Crippen LogP contribution in [0.5, 0.6) is 0 Å². The number of hydrogen-bond acceptors (Lipinski definition) is 5. The van der Waals surface area contributed by atoms with Gasteiger partial charge >= 0.3 is 0 Å². The second kappa shape index (κ2) is 8.51. The average Bonchev–Trinajstić information content (AvgIpc) is 3.25. The molecule has 0 spiro atoms. The van der Waals surface area contributed by atoms with Gasteiger partial charge in [-0.15, -0.1) is 0 Å². The van der Waals surface area contributed by atoms with E-state index in [1.165, 1.54) is 10.6 Å². The Morgan fingerprint density at radius 2 is 1.90 bits per heavy atom. The molecule has 8 heteroatoms. The maximum atomic E-state index is 13.3. The van der Waals surface area contributed by atoms with Gasteiger partial charge in [0, 0.05) is 56.7 Å². The number of rotatable bonds is 4. The topological polar surface area (TPSA) is 71.3 Å². The number of carbonyl (C=O) groups excluding carboxylic acids is 1. The molecule has 2 aromatic heterocycles. The predicted octanol–water partition coefficient (Wildman–Crippen LogP) is 3.54. The van der Waals surface area contributed by atoms with E-state index in [9.17, 15) is 9.59 Å². The fourth-order valence-electron chi connectivity index (χ4n) is 3.89. The number of benzene rings is 1. The number of anilines is 1. The highest BCUT2D eigenvalue weighted by Crippen LogP contribution is 2.38. The molecule has 1 amide bonds. The summed E-state index contributed by atoms with van der Waals surface area (Å²) in [5.74, 6) is 0.485. The van der Waals surface area contributed by atoms with Gasteiger partial charge in [-0.2, -0.15) is 0 Å². The molecule has 3 aromatic rings. The Kier molecular flexibility index (Phi) is 5.78. The SMILES string of the molecule is CN(C)c1ncc(-c2ccc(Cl)cc2)c([C@@H]2CCCN2C(=O)c2ccc(=O)n(C)c2)n1. The third-order valence-electron chi connectivity index (χ3n) is 5.52. The number of aryl methyl sites for hydroxylation is 1. The van der Waals surface area contributed by atoms with Gasteiger partial charge in [0.2, 0.25) is 11.5 Å². The molecule has 3 heterocycles. The Labute approximate surface area is 185 Å². The van der Waals surface area contributed by atoms with Crippen LogP contribution in [0, 0.1) is 0 Å². The van der Waals surface area contributed by atoms with Crippen molar-refractivity contribution < 1.29 is 4.79 Å². The molecule has 4 rings (SSSR count). The van der Waals surface area contributed by atoms with Crippen molar-refractivity contribution in [2.24, 2.45) is 7.05 Å². The van der Waals surface area contributed by atoms with Crippen LogP contribution in [0.15, 0.2) is 53.6 Å². The number of pyridine rings is 1. The average molecular weight is 438 g/mol. The summed E-state index contributed by atoms with van der Waals surface area (Å²) in [6.45, 7) is 0.633. The lowest BCUT2D eigenvalue weighted by atomic mass is 9.99. The zero-order chi connectivity index (χ0) is 22.1. The predicted molar refractivity (Wildman–Crippen MR) is 121 cm³/mol. The van der Waals surface area contributed by atoms with Gasteiger partial charge in [0.1, 0.15) is 0 Å². The van der Waals surface area contributed by atoms with Gasteiger partial charge in [-0.05, 0) is 36.6 Å². The number of nitrogens with zero attached hydrogens (tertiary/aromatic N) is 5. The number of amides is 1. The number of halogens is 1. The maximum absolute atomic E-state index is 13.3. The van der Waals surface area contributed by atoms with E-state index in [-0.39, 0.29) is 17.5 Å². The quantitative estimate of drug-likeness (QED) is 0.624. The van der Waals surface area contributed by atoms with Gasteiger partial charge in [-0.25, -0.2) is 9.97 Å². The van der Waals surface area contributed by atoms with Crippen molar-refractivity contribution in [3.63, 3.8) is 0 Å². The molecule has 160 valence electrons. The molecule has 1 aromatic carbocycles. The van der Waals surface area contributed by atoms with Crippen molar-refractivity contribution in [3.05, 3.63) is 75.4 Å². The summed E-state index contributed by atoms with van der Waals surface area (Å²) in [5.41, 5.74) is 2.99. The molecule has 1 aliphatic rings. The van der Waals surface area contributed by atoms with Crippen molar-refractivity contribution in [3.8, 4) is 11.1 Å². The van der Waals surface area contributed by atoms with Gasteiger partial charge in [-0.3, -0.25) is 9.59 Å². The molecule has 7 nitrogen and oxygen atoms in total. The zero-order valence-electron chi connectivity index (χ0n) is 17.7. The third kappa shape index (κ3) is 4.18. The summed E-state index contributed by atoms with van der Waals surface area (Å²) >= 11 is 6.07. The monoisotopic (exact) mass is 437 g/mol. The first-order chi connectivity index (χ1) is 14.8. The van der Waals surface area contributed by atoms with Crippen LogP contribution < -0.4 is 10.5 Å². The molecule has 1 atom stereocenters. The summed E-state index contributed by atoms with van der Waals surface area (Å²) in [4.78, 5) is 38.1. The fourth-order valence-corrected chi connectivity index (χ4v) is 4.01. The van der Waals surface area contributed by atoms with Crippen molar-refractivity contribution in [2.75, 3.05) is 25.5 Å². The van der Waals surface area contributed by atoms with E-state index in [0.717, 1.165) is 29.7 Å². The van der Waals surface area contributed by atoms with Crippen LogP contribution >= 0.6 is 11.6 Å². The standard InChI is InChI=1S/C23H24ClN5O2/c1-27(2)23-25-13-18(15-6-9-17(24)10-7-15)21(26-23)19-5-4-12-29(19)22(31)16-8-11-20(30)28(3)14-16/h6-11,13-14,19H,4-5,12H2,1-3H3/t19-/m0/s1. The number of carbonyl (C=O) groups is 1. The van der Waals surface area contributed by atoms with Crippen LogP contribution in [0.25, 0.3) is 11.1 Å². The van der Waals surface area contributed by atoms with Gasteiger partial charge in [0.05, 0.1) is 17.3 Å². The van der Waals surface area contributed by atoms with E-state index in [1.807, 2.05) is 54.4 Å². The zero-order valence-corrected chi connectivity index (χ0v) is 18.5. The van der Waals surface area contributed by atoms with Crippen LogP contribution in [-0.4, -0.2) is 46.0 Å². The Morgan fingerprint density at radius 3 is 2.58 bits per heavy atom. The number of hydrogen-bond donors (Lipinski definition) is 0. The molecule has 31 heavy (non-hydrogen) atoms. The summed E-state index contributed by atoms with van der Waals surface area (Å²) in [6, 6.07) is 10.4. The molecule has 0 aliphatic carbocycles. The Bertz CT molecular complexity index is 1170. The van der Waals surface area contributed by atoms with Crippen LogP contribution in [0.2, 0.25) is 5.02 Å². The highest BCUT2D eigenvalue weighted by Gasteiger charge is 2.34. The minimum absolute atomic E-state index is 0.106. The molecule has 1 saturated heterocycles. The molecule has 0 N–H and O–H groups in total. The minimum Gasteiger partial charge on any atom is -0.347 e. The first-order valence-electron chi connectivity index (χ1n) is 10.1. The molecule has 0 unspecified atom stereocenters. The Hall–Kier alpha value is -3.19. The largest absolute Gasteiger partial charge is 0.347 e. The molecule has 0 saturated carbocycles. The Balaban J connectivity index is 1.78. The van der Waals surface area contributed by atoms with Crippen molar-refractivity contribution in [1.29, 1.82) is 0 Å². The van der Waals surface area contributed by atoms with Crippen molar-refractivity contribution in [1.82, 2.24) is 19.4 Å². The van der Waals surface area contributed by atoms with Crippen LogP contribution in [0.3, 0.4) is 0 Å². The summed E-state index contributed by atoms with van der Waals surface area (Å²) in [7, 11) is 5.43. The normalized spacial score (nSPS) is 15.9. The smallest absolute Gasteiger partial charge is 0.255 e. The van der Waals surface area contributed by atoms with Crippen molar-refractivity contribution >= 4 is 23.5 Å². The van der Waals surface area contributed by atoms with Crippen molar-refractivity contribution in [2.45, 2.75) is 18.9 Å². The van der Waals surface area contributed by atoms with Gasteiger partial charge in [0.25, 0.3) is 5.91 Å². The lowest BCUT2D eigenvalue weighted by molar-refractivity contribution is 0.0732. The van der Waals surface area contributed by atoms with E-state index in [0.29, 0.717) is 23.1 Å². The Morgan fingerprint density at radius 1 is 1.16 bits per heavy atom. The minimum atomic E-state index is -0.183. The first kappa shape index (κ1) is 21.1. The molecule has 1 fully saturated rings. The molecule has 0 bridgehead atoms. The fraction of sp³-hybridized carbons (Fsp3) is 0.304. The molecular weight excluding hydrogens is 414 g/mol. The van der Waals surface area contributed by atoms with Crippen LogP contribution in [-0.2, 0) is 7.05 Å². The second-order valence-corrected chi connectivity index (χ2v) is 8.33. The number of likely N-dealkylation sites (tertiary alicyclic amines) is 1. The van der Waals surface area contributed by atoms with Gasteiger partial charge in [-0.1, -0.05) is 23.7 Å². The van der Waals surface area contributed by atoms with Crippen LogP contribution in [0.1, 0.15) is 34.9 Å². The van der Waals surface area contributed by atoms with Gasteiger partial charge < -0.3 is 14.4 Å². The van der Waals surface area contributed by atoms with Gasteiger partial charge in [0.15, 0.2) is 0 Å². The summed E-state index contributed by atoms with van der Waals surface area (Å²) < 4.78 is 1.42. The lowest BCUT2D eigenvalue weighted by Crippen LogP contribution is -2.32. The lowest BCUT2D eigenvalue weighted by Gasteiger charge is -2.27.